The molecular weight excluding hydrogens is 222 g/mol. The predicted octanol–water partition coefficient (Wildman–Crippen LogP) is 3.36. The average Bonchev–Trinajstić information content (AvgIpc) is 2.97. The molecule has 4 unspecified atom stereocenters. The van der Waals surface area contributed by atoms with Gasteiger partial charge in [-0.1, -0.05) is 19.8 Å². The molecule has 3 fully saturated rings. The van der Waals surface area contributed by atoms with Crippen LogP contribution in [0.15, 0.2) is 0 Å². The van der Waals surface area contributed by atoms with Crippen molar-refractivity contribution in [3.8, 4) is 0 Å². The van der Waals surface area contributed by atoms with E-state index in [0.29, 0.717) is 5.60 Å². The third kappa shape index (κ3) is 2.22. The van der Waals surface area contributed by atoms with Gasteiger partial charge in [0.05, 0.1) is 5.60 Å². The predicted molar refractivity (Wildman–Crippen MR) is 74.6 cm³/mol. The van der Waals surface area contributed by atoms with Crippen molar-refractivity contribution < 1.29 is 4.74 Å². The molecule has 18 heavy (non-hydrogen) atoms. The van der Waals surface area contributed by atoms with Crippen LogP contribution in [-0.4, -0.2) is 25.3 Å². The highest BCUT2D eigenvalue weighted by Crippen LogP contribution is 2.48. The lowest BCUT2D eigenvalue weighted by atomic mass is 9.74. The average molecular weight is 251 g/mol. The summed E-state index contributed by atoms with van der Waals surface area (Å²) in [6.45, 7) is 3.49. The maximum Gasteiger partial charge on any atom is 0.0685 e. The Kier molecular flexibility index (Phi) is 3.68. The van der Waals surface area contributed by atoms with Gasteiger partial charge in [-0.3, -0.25) is 0 Å². The minimum absolute atomic E-state index is 0.306. The lowest BCUT2D eigenvalue weighted by Gasteiger charge is -2.42. The maximum absolute atomic E-state index is 6.19. The van der Waals surface area contributed by atoms with E-state index in [1.165, 1.54) is 51.4 Å². The van der Waals surface area contributed by atoms with Crippen LogP contribution in [0.3, 0.4) is 0 Å². The van der Waals surface area contributed by atoms with E-state index in [1.54, 1.807) is 0 Å². The molecule has 2 heteroatoms. The molecule has 1 aliphatic heterocycles. The van der Waals surface area contributed by atoms with Crippen LogP contribution in [0.5, 0.6) is 0 Å². The van der Waals surface area contributed by atoms with Gasteiger partial charge in [0.25, 0.3) is 0 Å². The number of hydrogen-bond donors (Lipinski definition) is 1. The van der Waals surface area contributed by atoms with E-state index >= 15 is 0 Å². The molecule has 3 aliphatic rings. The first kappa shape index (κ1) is 12.9. The molecule has 1 spiro atoms. The first-order chi connectivity index (χ1) is 8.74. The SMILES string of the molecule is CNC1CCC(C2CCOC3(CCCC3)C2)C1C. The van der Waals surface area contributed by atoms with Gasteiger partial charge in [0.15, 0.2) is 0 Å². The topological polar surface area (TPSA) is 21.3 Å². The summed E-state index contributed by atoms with van der Waals surface area (Å²) < 4.78 is 6.19. The standard InChI is InChI=1S/C16H29NO/c1-12-14(5-6-15(12)17-2)13-7-10-18-16(11-13)8-3-4-9-16/h12-15,17H,3-11H2,1-2H3. The Morgan fingerprint density at radius 3 is 2.56 bits per heavy atom. The quantitative estimate of drug-likeness (QED) is 0.812. The van der Waals surface area contributed by atoms with Gasteiger partial charge in [-0.15, -0.1) is 0 Å². The smallest absolute Gasteiger partial charge is 0.0685 e. The number of nitrogens with one attached hydrogen (secondary N) is 1. The molecule has 2 aliphatic carbocycles. The van der Waals surface area contributed by atoms with Crippen molar-refractivity contribution in [2.75, 3.05) is 13.7 Å². The molecule has 0 aromatic carbocycles. The second kappa shape index (κ2) is 5.13. The molecule has 0 aromatic rings. The van der Waals surface area contributed by atoms with Crippen LogP contribution < -0.4 is 5.32 Å². The van der Waals surface area contributed by atoms with Crippen molar-refractivity contribution in [1.29, 1.82) is 0 Å². The normalized spacial score (nSPS) is 43.7. The first-order valence-corrected chi connectivity index (χ1v) is 8.05. The summed E-state index contributed by atoms with van der Waals surface area (Å²) in [5, 5.41) is 3.51. The van der Waals surface area contributed by atoms with E-state index in [0.717, 1.165) is 30.4 Å². The molecular formula is C16H29NO. The second-order valence-corrected chi connectivity index (χ2v) is 6.99. The van der Waals surface area contributed by atoms with Gasteiger partial charge in [-0.25, -0.2) is 0 Å². The van der Waals surface area contributed by atoms with Crippen molar-refractivity contribution >= 4 is 0 Å². The van der Waals surface area contributed by atoms with Crippen LogP contribution in [0, 0.1) is 17.8 Å². The molecule has 1 saturated heterocycles. The van der Waals surface area contributed by atoms with E-state index < -0.39 is 0 Å². The van der Waals surface area contributed by atoms with Gasteiger partial charge < -0.3 is 10.1 Å². The molecule has 4 atom stereocenters. The molecule has 0 bridgehead atoms. The minimum Gasteiger partial charge on any atom is -0.375 e. The lowest BCUT2D eigenvalue weighted by Crippen LogP contribution is -2.41. The Balaban J connectivity index is 1.65. The van der Waals surface area contributed by atoms with Crippen LogP contribution in [0.2, 0.25) is 0 Å². The fourth-order valence-corrected chi connectivity index (χ4v) is 5.07. The van der Waals surface area contributed by atoms with E-state index in [9.17, 15) is 0 Å². The van der Waals surface area contributed by atoms with E-state index in [2.05, 4.69) is 19.3 Å². The molecule has 1 N–H and O–H groups in total. The summed E-state index contributed by atoms with van der Waals surface area (Å²) in [5.41, 5.74) is 0.306. The Morgan fingerprint density at radius 2 is 1.89 bits per heavy atom. The van der Waals surface area contributed by atoms with Crippen LogP contribution >= 0.6 is 0 Å². The summed E-state index contributed by atoms with van der Waals surface area (Å²) in [6, 6.07) is 0.761. The zero-order valence-corrected chi connectivity index (χ0v) is 12.1. The fraction of sp³-hybridized carbons (Fsp3) is 1.00. The van der Waals surface area contributed by atoms with Gasteiger partial charge in [0.2, 0.25) is 0 Å². The molecule has 3 rings (SSSR count). The fourth-order valence-electron chi connectivity index (χ4n) is 5.07. The number of ether oxygens (including phenoxy) is 1. The summed E-state index contributed by atoms with van der Waals surface area (Å²) in [6.07, 6.45) is 10.9. The third-order valence-corrected chi connectivity index (χ3v) is 6.14. The van der Waals surface area contributed by atoms with Crippen LogP contribution in [-0.2, 0) is 4.74 Å². The Bertz CT molecular complexity index is 285. The van der Waals surface area contributed by atoms with Crippen LogP contribution in [0.4, 0.5) is 0 Å². The number of hydrogen-bond acceptors (Lipinski definition) is 2. The monoisotopic (exact) mass is 251 g/mol. The van der Waals surface area contributed by atoms with E-state index in [4.69, 9.17) is 4.74 Å². The van der Waals surface area contributed by atoms with Crippen molar-refractivity contribution in [3.63, 3.8) is 0 Å². The largest absolute Gasteiger partial charge is 0.375 e. The number of rotatable bonds is 2. The van der Waals surface area contributed by atoms with Gasteiger partial charge in [0, 0.05) is 12.6 Å². The van der Waals surface area contributed by atoms with Gasteiger partial charge in [-0.2, -0.15) is 0 Å². The third-order valence-electron chi connectivity index (χ3n) is 6.14. The maximum atomic E-state index is 6.19. The zero-order valence-electron chi connectivity index (χ0n) is 12.1. The van der Waals surface area contributed by atoms with Crippen LogP contribution in [0.1, 0.15) is 58.3 Å². The van der Waals surface area contributed by atoms with Gasteiger partial charge in [0.1, 0.15) is 0 Å². The Hall–Kier alpha value is -0.0800. The molecule has 0 radical (unpaired) electrons. The molecule has 104 valence electrons. The van der Waals surface area contributed by atoms with Crippen LogP contribution in [0.25, 0.3) is 0 Å². The van der Waals surface area contributed by atoms with Gasteiger partial charge in [-0.05, 0) is 63.3 Å². The van der Waals surface area contributed by atoms with E-state index in [1.807, 2.05) is 0 Å². The van der Waals surface area contributed by atoms with Crippen molar-refractivity contribution in [2.24, 2.45) is 17.8 Å². The summed E-state index contributed by atoms with van der Waals surface area (Å²) >= 11 is 0. The van der Waals surface area contributed by atoms with Gasteiger partial charge >= 0.3 is 0 Å². The molecule has 1 heterocycles. The molecule has 0 amide bonds. The zero-order chi connectivity index (χ0) is 12.6. The lowest BCUT2D eigenvalue weighted by molar-refractivity contribution is -0.104. The molecule has 0 aromatic heterocycles. The molecule has 2 nitrogen and oxygen atoms in total. The Morgan fingerprint density at radius 1 is 1.11 bits per heavy atom. The molecule has 2 saturated carbocycles. The summed E-state index contributed by atoms with van der Waals surface area (Å²) in [7, 11) is 2.13. The van der Waals surface area contributed by atoms with E-state index in [-0.39, 0.29) is 0 Å². The second-order valence-electron chi connectivity index (χ2n) is 6.99. The summed E-state index contributed by atoms with van der Waals surface area (Å²) in [5.74, 6) is 2.74. The minimum atomic E-state index is 0.306. The van der Waals surface area contributed by atoms with Crippen molar-refractivity contribution in [2.45, 2.75) is 69.9 Å². The van der Waals surface area contributed by atoms with Crippen molar-refractivity contribution in [3.05, 3.63) is 0 Å². The summed E-state index contributed by atoms with van der Waals surface area (Å²) in [4.78, 5) is 0. The van der Waals surface area contributed by atoms with Crippen molar-refractivity contribution in [1.82, 2.24) is 5.32 Å². The Labute approximate surface area is 112 Å². The first-order valence-electron chi connectivity index (χ1n) is 8.05. The highest BCUT2D eigenvalue weighted by molar-refractivity contribution is 4.97. The highest BCUT2D eigenvalue weighted by atomic mass is 16.5. The highest BCUT2D eigenvalue weighted by Gasteiger charge is 2.45.